The van der Waals surface area contributed by atoms with Crippen molar-refractivity contribution < 1.29 is 9.53 Å². The highest BCUT2D eigenvalue weighted by atomic mass is 16.6. The van der Waals surface area contributed by atoms with Crippen molar-refractivity contribution >= 4 is 5.97 Å². The van der Waals surface area contributed by atoms with Crippen LogP contribution < -0.4 is 0 Å². The Kier molecular flexibility index (Phi) is 4.72. The molecule has 4 fully saturated rings. The van der Waals surface area contributed by atoms with E-state index >= 15 is 0 Å². The Morgan fingerprint density at radius 1 is 1.32 bits per heavy atom. The van der Waals surface area contributed by atoms with E-state index in [1.54, 1.807) is 0 Å². The van der Waals surface area contributed by atoms with Crippen LogP contribution in [0, 0.1) is 23.2 Å². The van der Waals surface area contributed by atoms with Gasteiger partial charge in [-0.2, -0.15) is 0 Å². The molecule has 0 spiro atoms. The maximum absolute atomic E-state index is 12.7. The normalized spacial score (nSPS) is 45.0. The highest BCUT2D eigenvalue weighted by Gasteiger charge is 2.55. The third-order valence-corrected chi connectivity index (χ3v) is 7.97. The van der Waals surface area contributed by atoms with Crippen LogP contribution in [0.5, 0.6) is 0 Å². The van der Waals surface area contributed by atoms with E-state index in [0.717, 1.165) is 25.9 Å². The first-order chi connectivity index (χ1) is 12.0. The first-order valence-corrected chi connectivity index (χ1v) is 10.6. The summed E-state index contributed by atoms with van der Waals surface area (Å²) in [5, 5.41) is 0. The Morgan fingerprint density at radius 2 is 2.16 bits per heavy atom. The first kappa shape index (κ1) is 17.6. The molecule has 2 heterocycles. The number of hydrogen-bond donors (Lipinski definition) is 0. The second-order valence-electron chi connectivity index (χ2n) is 9.46. The maximum Gasteiger partial charge on any atom is 0.310 e. The van der Waals surface area contributed by atoms with Crippen LogP contribution in [0.4, 0.5) is 0 Å². The number of nitrogens with zero attached hydrogens (tertiary/aromatic N) is 1. The molecule has 0 unspecified atom stereocenters. The summed E-state index contributed by atoms with van der Waals surface area (Å²) in [6.07, 6.45) is 11.2. The minimum absolute atomic E-state index is 0.0864. The molecule has 0 radical (unpaired) electrons. The lowest BCUT2D eigenvalue weighted by molar-refractivity contribution is -0.146. The molecule has 3 nitrogen and oxygen atoms in total. The zero-order chi connectivity index (χ0) is 17.6. The molecule has 140 valence electrons. The SMILES string of the molecule is C=C1CCC[C@]2(C)C[C@H]3OC(=O)[C@H](CN4CCCC[C@H]4CC)[C@H]3C[C@H]12. The smallest absolute Gasteiger partial charge is 0.310 e. The molecule has 3 heteroatoms. The Hall–Kier alpha value is -0.830. The maximum atomic E-state index is 12.7. The molecule has 0 bridgehead atoms. The number of allylic oxidation sites excluding steroid dienone is 1. The molecular weight excluding hydrogens is 310 g/mol. The van der Waals surface area contributed by atoms with Gasteiger partial charge in [0.05, 0.1) is 5.92 Å². The van der Waals surface area contributed by atoms with Gasteiger partial charge in [0, 0.05) is 18.5 Å². The molecule has 25 heavy (non-hydrogen) atoms. The summed E-state index contributed by atoms with van der Waals surface area (Å²) >= 11 is 0. The number of fused-ring (bicyclic) bond motifs is 2. The van der Waals surface area contributed by atoms with E-state index in [1.807, 2.05) is 0 Å². The fourth-order valence-corrected chi connectivity index (χ4v) is 6.48. The molecule has 0 aromatic carbocycles. The van der Waals surface area contributed by atoms with Crippen molar-refractivity contribution in [3.8, 4) is 0 Å². The topological polar surface area (TPSA) is 29.5 Å². The molecule has 0 aromatic rings. The predicted molar refractivity (Wildman–Crippen MR) is 100 cm³/mol. The van der Waals surface area contributed by atoms with Crippen molar-refractivity contribution in [2.45, 2.75) is 83.8 Å². The second-order valence-corrected chi connectivity index (χ2v) is 9.46. The van der Waals surface area contributed by atoms with Gasteiger partial charge in [-0.25, -0.2) is 0 Å². The Labute approximate surface area is 153 Å². The summed E-state index contributed by atoms with van der Waals surface area (Å²) in [7, 11) is 0. The quantitative estimate of drug-likeness (QED) is 0.554. The van der Waals surface area contributed by atoms with Crippen LogP contribution in [0.3, 0.4) is 0 Å². The molecule has 0 N–H and O–H groups in total. The van der Waals surface area contributed by atoms with Gasteiger partial charge >= 0.3 is 5.97 Å². The summed E-state index contributed by atoms with van der Waals surface area (Å²) < 4.78 is 5.94. The Morgan fingerprint density at radius 3 is 2.96 bits per heavy atom. The number of likely N-dealkylation sites (tertiary alicyclic amines) is 1. The standard InChI is InChI=1S/C22H35NO2/c1-4-16-9-5-6-11-23(16)14-18-17-12-19-15(2)8-7-10-22(19,3)13-20(17)25-21(18)24/h16-20H,2,4-14H2,1,3H3/t16-,17-,18-,19-,20-,22-/m1/s1. The van der Waals surface area contributed by atoms with E-state index in [2.05, 4.69) is 25.3 Å². The molecular formula is C22H35NO2. The van der Waals surface area contributed by atoms with Crippen LogP contribution in [0.25, 0.3) is 0 Å². The Balaban J connectivity index is 1.51. The van der Waals surface area contributed by atoms with E-state index in [4.69, 9.17) is 4.74 Å². The molecule has 2 aliphatic heterocycles. The summed E-state index contributed by atoms with van der Waals surface area (Å²) in [6, 6.07) is 0.666. The lowest BCUT2D eigenvalue weighted by atomic mass is 9.55. The van der Waals surface area contributed by atoms with Gasteiger partial charge < -0.3 is 4.74 Å². The molecule has 2 saturated heterocycles. The van der Waals surface area contributed by atoms with Gasteiger partial charge in [-0.3, -0.25) is 9.69 Å². The zero-order valence-electron chi connectivity index (χ0n) is 16.1. The minimum atomic E-state index is 0.0864. The highest BCUT2D eigenvalue weighted by molar-refractivity contribution is 5.75. The van der Waals surface area contributed by atoms with Crippen molar-refractivity contribution in [2.75, 3.05) is 13.1 Å². The van der Waals surface area contributed by atoms with Gasteiger partial charge in [0.15, 0.2) is 0 Å². The molecule has 2 aliphatic carbocycles. The van der Waals surface area contributed by atoms with Crippen molar-refractivity contribution in [3.63, 3.8) is 0 Å². The van der Waals surface area contributed by atoms with Crippen LogP contribution in [0.2, 0.25) is 0 Å². The van der Waals surface area contributed by atoms with Crippen molar-refractivity contribution in [1.29, 1.82) is 0 Å². The fraction of sp³-hybridized carbons (Fsp3) is 0.864. The van der Waals surface area contributed by atoms with Crippen molar-refractivity contribution in [1.82, 2.24) is 4.90 Å². The van der Waals surface area contributed by atoms with E-state index in [0.29, 0.717) is 23.3 Å². The number of carbonyl (C=O) groups is 1. The molecule has 6 atom stereocenters. The van der Waals surface area contributed by atoms with Crippen molar-refractivity contribution in [3.05, 3.63) is 12.2 Å². The number of rotatable bonds is 3. The van der Waals surface area contributed by atoms with Gasteiger partial charge in [-0.1, -0.05) is 32.4 Å². The summed E-state index contributed by atoms with van der Waals surface area (Å²) in [5.41, 5.74) is 1.75. The van der Waals surface area contributed by atoms with E-state index in [1.165, 1.54) is 50.5 Å². The van der Waals surface area contributed by atoms with Gasteiger partial charge in [0.25, 0.3) is 0 Å². The predicted octanol–water partition coefficient (Wildman–Crippen LogP) is 4.57. The second kappa shape index (κ2) is 6.72. The largest absolute Gasteiger partial charge is 0.462 e. The monoisotopic (exact) mass is 345 g/mol. The third-order valence-electron chi connectivity index (χ3n) is 7.97. The first-order valence-electron chi connectivity index (χ1n) is 10.6. The highest BCUT2D eigenvalue weighted by Crippen LogP contribution is 2.57. The number of piperidine rings is 1. The van der Waals surface area contributed by atoms with Crippen LogP contribution >= 0.6 is 0 Å². The fourth-order valence-electron chi connectivity index (χ4n) is 6.48. The van der Waals surface area contributed by atoms with Gasteiger partial charge in [0.1, 0.15) is 6.10 Å². The molecule has 4 rings (SSSR count). The summed E-state index contributed by atoms with van der Waals surface area (Å²) in [6.45, 7) is 11.2. The number of hydrogen-bond acceptors (Lipinski definition) is 3. The van der Waals surface area contributed by atoms with Crippen LogP contribution in [0.1, 0.15) is 71.6 Å². The van der Waals surface area contributed by atoms with E-state index in [9.17, 15) is 4.79 Å². The summed E-state index contributed by atoms with van der Waals surface area (Å²) in [4.78, 5) is 15.3. The van der Waals surface area contributed by atoms with Crippen LogP contribution in [-0.2, 0) is 9.53 Å². The lowest BCUT2D eigenvalue weighted by Gasteiger charge is -2.50. The number of carbonyl (C=O) groups excluding carboxylic acids is 1. The van der Waals surface area contributed by atoms with E-state index < -0.39 is 0 Å². The molecule has 2 saturated carbocycles. The van der Waals surface area contributed by atoms with Crippen LogP contribution in [-0.4, -0.2) is 36.1 Å². The molecule has 4 aliphatic rings. The van der Waals surface area contributed by atoms with Gasteiger partial charge in [0.2, 0.25) is 0 Å². The van der Waals surface area contributed by atoms with Gasteiger partial charge in [-0.05, 0) is 69.2 Å². The lowest BCUT2D eigenvalue weighted by Crippen LogP contribution is -2.47. The molecule has 0 aromatic heterocycles. The van der Waals surface area contributed by atoms with Gasteiger partial charge in [-0.15, -0.1) is 0 Å². The number of esters is 1. The molecule has 0 amide bonds. The average Bonchev–Trinajstić information content (AvgIpc) is 2.88. The zero-order valence-corrected chi connectivity index (χ0v) is 16.1. The van der Waals surface area contributed by atoms with Crippen LogP contribution in [0.15, 0.2) is 12.2 Å². The number of ether oxygens (including phenoxy) is 1. The Bertz CT molecular complexity index is 544. The summed E-state index contributed by atoms with van der Waals surface area (Å²) in [5.74, 6) is 1.20. The third kappa shape index (κ3) is 3.07. The average molecular weight is 346 g/mol. The van der Waals surface area contributed by atoms with Crippen molar-refractivity contribution in [2.24, 2.45) is 23.2 Å². The minimum Gasteiger partial charge on any atom is -0.462 e. The van der Waals surface area contributed by atoms with E-state index in [-0.39, 0.29) is 18.0 Å².